The second kappa shape index (κ2) is 7.61. The van der Waals surface area contributed by atoms with E-state index in [1.54, 1.807) is 0 Å². The first-order valence-corrected chi connectivity index (χ1v) is 8.92. The van der Waals surface area contributed by atoms with Gasteiger partial charge in [-0.3, -0.25) is 4.79 Å². The second-order valence-electron chi connectivity index (χ2n) is 5.28. The molecule has 0 aliphatic heterocycles. The van der Waals surface area contributed by atoms with Crippen molar-refractivity contribution in [3.8, 4) is 10.6 Å². The third kappa shape index (κ3) is 4.86. The largest absolute Gasteiger partial charge is 0.481 e. The minimum atomic E-state index is -0.840. The average Bonchev–Trinajstić information content (AvgIpc) is 2.86. The molecular weight excluding hydrogens is 302 g/mol. The summed E-state index contributed by atoms with van der Waals surface area (Å²) in [7, 11) is 0. The van der Waals surface area contributed by atoms with Crippen LogP contribution in [0.25, 0.3) is 10.6 Å². The van der Waals surface area contributed by atoms with Crippen molar-refractivity contribution < 1.29 is 9.90 Å². The summed E-state index contributed by atoms with van der Waals surface area (Å²) in [5.41, 5.74) is 3.02. The van der Waals surface area contributed by atoms with Gasteiger partial charge in [-0.1, -0.05) is 38.1 Å². The Bertz CT molecular complexity index is 608. The highest BCUT2D eigenvalue weighted by Gasteiger charge is 2.11. The first-order chi connectivity index (χ1) is 10.1. The average molecular weight is 321 g/mol. The van der Waals surface area contributed by atoms with Crippen molar-refractivity contribution in [3.63, 3.8) is 0 Å². The predicted molar refractivity (Wildman–Crippen MR) is 89.9 cm³/mol. The number of aliphatic carboxylic acids is 1. The molecule has 2 aromatic rings. The van der Waals surface area contributed by atoms with Gasteiger partial charge in [0.2, 0.25) is 0 Å². The van der Waals surface area contributed by atoms with E-state index in [0.29, 0.717) is 11.6 Å². The standard InChI is InChI=1S/C16H19NO2S2/c1-11(2)8-20-9-12-5-3-4-6-14(12)16-17-13(10-21-16)7-15(18)19/h3-6,10-11H,7-9H2,1-2H3,(H,18,19). The van der Waals surface area contributed by atoms with Crippen molar-refractivity contribution in [2.75, 3.05) is 5.75 Å². The van der Waals surface area contributed by atoms with E-state index in [9.17, 15) is 4.79 Å². The summed E-state index contributed by atoms with van der Waals surface area (Å²) in [5.74, 6) is 1.94. The number of benzene rings is 1. The number of aromatic nitrogens is 1. The third-order valence-corrected chi connectivity index (χ3v) is 5.18. The monoisotopic (exact) mass is 321 g/mol. The number of carbonyl (C=O) groups is 1. The van der Waals surface area contributed by atoms with E-state index in [4.69, 9.17) is 5.11 Å². The van der Waals surface area contributed by atoms with E-state index < -0.39 is 5.97 Å². The molecule has 0 atom stereocenters. The van der Waals surface area contributed by atoms with E-state index in [1.165, 1.54) is 16.9 Å². The van der Waals surface area contributed by atoms with Gasteiger partial charge in [0.05, 0.1) is 12.1 Å². The van der Waals surface area contributed by atoms with Crippen LogP contribution in [0.1, 0.15) is 25.1 Å². The van der Waals surface area contributed by atoms with E-state index >= 15 is 0 Å². The van der Waals surface area contributed by atoms with Crippen LogP contribution in [0.4, 0.5) is 0 Å². The molecule has 0 fully saturated rings. The van der Waals surface area contributed by atoms with E-state index in [2.05, 4.69) is 31.0 Å². The zero-order chi connectivity index (χ0) is 15.2. The summed E-state index contributed by atoms with van der Waals surface area (Å²) in [6.07, 6.45) is -0.0131. The van der Waals surface area contributed by atoms with Crippen molar-refractivity contribution in [1.82, 2.24) is 4.98 Å². The molecule has 2 rings (SSSR count). The van der Waals surface area contributed by atoms with Crippen LogP contribution in [0.15, 0.2) is 29.6 Å². The first-order valence-electron chi connectivity index (χ1n) is 6.88. The molecule has 0 aliphatic rings. The molecule has 5 heteroatoms. The molecule has 1 N–H and O–H groups in total. The van der Waals surface area contributed by atoms with Gasteiger partial charge < -0.3 is 5.11 Å². The van der Waals surface area contributed by atoms with Crippen LogP contribution in [0.5, 0.6) is 0 Å². The van der Waals surface area contributed by atoms with Crippen LogP contribution in [-0.2, 0) is 17.0 Å². The topological polar surface area (TPSA) is 50.2 Å². The Kier molecular flexibility index (Phi) is 5.82. The molecule has 1 heterocycles. The molecule has 0 spiro atoms. The highest BCUT2D eigenvalue weighted by Crippen LogP contribution is 2.30. The number of rotatable bonds is 7. The zero-order valence-corrected chi connectivity index (χ0v) is 13.8. The van der Waals surface area contributed by atoms with Crippen molar-refractivity contribution >= 4 is 29.1 Å². The van der Waals surface area contributed by atoms with Gasteiger partial charge in [-0.25, -0.2) is 4.98 Å². The lowest BCUT2D eigenvalue weighted by Crippen LogP contribution is -2.00. The minimum absolute atomic E-state index is 0.0131. The van der Waals surface area contributed by atoms with Crippen LogP contribution in [0.3, 0.4) is 0 Å². The van der Waals surface area contributed by atoms with Crippen LogP contribution in [-0.4, -0.2) is 21.8 Å². The number of carboxylic acid groups (broad SMARTS) is 1. The third-order valence-electron chi connectivity index (χ3n) is 2.84. The van der Waals surface area contributed by atoms with Crippen LogP contribution in [0, 0.1) is 5.92 Å². The van der Waals surface area contributed by atoms with E-state index in [1.807, 2.05) is 29.3 Å². The Balaban J connectivity index is 2.15. The van der Waals surface area contributed by atoms with Crippen molar-refractivity contribution in [3.05, 3.63) is 40.9 Å². The number of hydrogen-bond donors (Lipinski definition) is 1. The van der Waals surface area contributed by atoms with Crippen LogP contribution < -0.4 is 0 Å². The number of thioether (sulfide) groups is 1. The Hall–Kier alpha value is -1.33. The predicted octanol–water partition coefficient (Wildman–Crippen LogP) is 4.33. The minimum Gasteiger partial charge on any atom is -0.481 e. The molecule has 1 aromatic heterocycles. The number of carboxylic acids is 1. The van der Waals surface area contributed by atoms with Gasteiger partial charge in [-0.05, 0) is 17.2 Å². The van der Waals surface area contributed by atoms with E-state index in [0.717, 1.165) is 22.1 Å². The van der Waals surface area contributed by atoms with Gasteiger partial charge in [-0.2, -0.15) is 11.8 Å². The number of hydrogen-bond acceptors (Lipinski definition) is 4. The summed E-state index contributed by atoms with van der Waals surface area (Å²) in [6, 6.07) is 8.24. The lowest BCUT2D eigenvalue weighted by atomic mass is 10.1. The van der Waals surface area contributed by atoms with Gasteiger partial charge in [0.1, 0.15) is 5.01 Å². The molecule has 0 saturated heterocycles. The summed E-state index contributed by atoms with van der Waals surface area (Å²) < 4.78 is 0. The normalized spacial score (nSPS) is 11.0. The summed E-state index contributed by atoms with van der Waals surface area (Å²) in [5, 5.41) is 11.6. The smallest absolute Gasteiger partial charge is 0.309 e. The fraction of sp³-hybridized carbons (Fsp3) is 0.375. The quantitative estimate of drug-likeness (QED) is 0.825. The van der Waals surface area contributed by atoms with Gasteiger partial charge in [-0.15, -0.1) is 11.3 Å². The SMILES string of the molecule is CC(C)CSCc1ccccc1-c1nc(CC(=O)O)cs1. The summed E-state index contributed by atoms with van der Waals surface area (Å²) in [6.45, 7) is 4.44. The summed E-state index contributed by atoms with van der Waals surface area (Å²) >= 11 is 3.44. The highest BCUT2D eigenvalue weighted by atomic mass is 32.2. The number of nitrogens with zero attached hydrogens (tertiary/aromatic N) is 1. The Morgan fingerprint density at radius 2 is 2.14 bits per heavy atom. The van der Waals surface area contributed by atoms with Gasteiger partial charge >= 0.3 is 5.97 Å². The van der Waals surface area contributed by atoms with Crippen molar-refractivity contribution in [2.24, 2.45) is 5.92 Å². The Morgan fingerprint density at radius 1 is 1.38 bits per heavy atom. The molecule has 0 saturated carbocycles. The molecule has 0 amide bonds. The zero-order valence-electron chi connectivity index (χ0n) is 12.2. The van der Waals surface area contributed by atoms with Gasteiger partial charge in [0.25, 0.3) is 0 Å². The molecule has 21 heavy (non-hydrogen) atoms. The maximum atomic E-state index is 10.7. The molecular formula is C16H19NO2S2. The molecule has 3 nitrogen and oxygen atoms in total. The van der Waals surface area contributed by atoms with Crippen molar-refractivity contribution in [1.29, 1.82) is 0 Å². The maximum Gasteiger partial charge on any atom is 0.309 e. The van der Waals surface area contributed by atoms with Gasteiger partial charge in [0.15, 0.2) is 0 Å². The second-order valence-corrected chi connectivity index (χ2v) is 7.17. The Labute approximate surface area is 133 Å². The molecule has 0 bridgehead atoms. The van der Waals surface area contributed by atoms with Gasteiger partial charge in [0, 0.05) is 16.7 Å². The van der Waals surface area contributed by atoms with Crippen molar-refractivity contribution in [2.45, 2.75) is 26.0 Å². The lowest BCUT2D eigenvalue weighted by Gasteiger charge is -2.08. The molecule has 1 aromatic carbocycles. The lowest BCUT2D eigenvalue weighted by molar-refractivity contribution is -0.136. The molecule has 0 aliphatic carbocycles. The first kappa shape index (κ1) is 16.0. The summed E-state index contributed by atoms with van der Waals surface area (Å²) in [4.78, 5) is 15.2. The number of thiazole rings is 1. The maximum absolute atomic E-state index is 10.7. The van der Waals surface area contributed by atoms with Crippen LogP contribution >= 0.6 is 23.1 Å². The fourth-order valence-electron chi connectivity index (χ4n) is 1.93. The van der Waals surface area contributed by atoms with E-state index in [-0.39, 0.29) is 6.42 Å². The molecule has 0 radical (unpaired) electrons. The molecule has 0 unspecified atom stereocenters. The Morgan fingerprint density at radius 3 is 2.86 bits per heavy atom. The highest BCUT2D eigenvalue weighted by molar-refractivity contribution is 7.98. The molecule has 112 valence electrons. The van der Waals surface area contributed by atoms with Crippen LogP contribution in [0.2, 0.25) is 0 Å². The fourth-order valence-corrected chi connectivity index (χ4v) is 3.87.